The van der Waals surface area contributed by atoms with E-state index in [4.69, 9.17) is 14.6 Å². The molecule has 1 amide bonds. The molecule has 0 aliphatic carbocycles. The Hall–Kier alpha value is -3.61. The van der Waals surface area contributed by atoms with Gasteiger partial charge in [-0.05, 0) is 40.8 Å². The second-order valence-corrected chi connectivity index (χ2v) is 12.7. The summed E-state index contributed by atoms with van der Waals surface area (Å²) in [6, 6.07) is 23.8. The molecule has 0 bridgehead atoms. The second kappa shape index (κ2) is 14.7. The van der Waals surface area contributed by atoms with Gasteiger partial charge in [0.15, 0.2) is 10.6 Å². The van der Waals surface area contributed by atoms with Gasteiger partial charge in [-0.25, -0.2) is 0 Å². The topological polar surface area (TPSA) is 131 Å². The summed E-state index contributed by atoms with van der Waals surface area (Å²) in [4.78, 5) is 22.6. The number of carboxylic acids is 1. The van der Waals surface area contributed by atoms with Crippen molar-refractivity contribution < 1.29 is 29.3 Å². The lowest BCUT2D eigenvalue weighted by Crippen LogP contribution is -2.31. The third-order valence-electron chi connectivity index (χ3n) is 7.01. The lowest BCUT2D eigenvalue weighted by Gasteiger charge is -2.36. The molecule has 9 nitrogen and oxygen atoms in total. The third-order valence-corrected chi connectivity index (χ3v) is 9.12. The van der Waals surface area contributed by atoms with Crippen LogP contribution >= 0.6 is 23.1 Å². The van der Waals surface area contributed by atoms with Gasteiger partial charge in [0.1, 0.15) is 5.01 Å². The first-order valence-corrected chi connectivity index (χ1v) is 15.8. The predicted molar refractivity (Wildman–Crippen MR) is 164 cm³/mol. The largest absolute Gasteiger partial charge is 0.481 e. The quantitative estimate of drug-likeness (QED) is 0.168. The molecule has 0 radical (unpaired) electrons. The fourth-order valence-electron chi connectivity index (χ4n) is 4.73. The zero-order chi connectivity index (χ0) is 30.2. The Labute approximate surface area is 258 Å². The number of aliphatic hydroxyl groups is 1. The Bertz CT molecular complexity index is 1530. The van der Waals surface area contributed by atoms with Gasteiger partial charge in [-0.3, -0.25) is 9.59 Å². The van der Waals surface area contributed by atoms with Crippen molar-refractivity contribution in [1.29, 1.82) is 0 Å². The molecule has 5 rings (SSSR count). The second-order valence-electron chi connectivity index (χ2n) is 10.2. The summed E-state index contributed by atoms with van der Waals surface area (Å²) < 4.78 is 13.8. The summed E-state index contributed by atoms with van der Waals surface area (Å²) in [6.07, 6.45) is -0.339. The zero-order valence-electron chi connectivity index (χ0n) is 23.6. The van der Waals surface area contributed by atoms with Gasteiger partial charge < -0.3 is 25.0 Å². The normalized spacial score (nSPS) is 18.3. The molecule has 1 aromatic heterocycles. The van der Waals surface area contributed by atoms with Gasteiger partial charge in [0.05, 0.1) is 25.2 Å². The number of rotatable bonds is 12. The van der Waals surface area contributed by atoms with Crippen molar-refractivity contribution in [1.82, 2.24) is 15.5 Å². The maximum Gasteiger partial charge on any atom is 0.303 e. The minimum atomic E-state index is -0.991. The van der Waals surface area contributed by atoms with E-state index in [0.717, 1.165) is 48.5 Å². The number of ether oxygens (including phenoxy) is 2. The number of carbonyl (C=O) groups excluding carboxylic acids is 1. The highest BCUT2D eigenvalue weighted by atomic mass is 32.2. The molecule has 224 valence electrons. The molecular formula is C32H33N3O6S2. The molecule has 3 atom stereocenters. The Morgan fingerprint density at radius 3 is 2.42 bits per heavy atom. The molecule has 0 unspecified atom stereocenters. The Morgan fingerprint density at radius 1 is 0.953 bits per heavy atom. The molecule has 0 spiro atoms. The van der Waals surface area contributed by atoms with Crippen LogP contribution in [0.25, 0.3) is 11.1 Å². The Kier molecular flexibility index (Phi) is 10.6. The van der Waals surface area contributed by atoms with Crippen molar-refractivity contribution in [3.05, 3.63) is 100 Å². The molecule has 1 saturated heterocycles. The highest BCUT2D eigenvalue weighted by molar-refractivity contribution is 8.01. The van der Waals surface area contributed by atoms with Gasteiger partial charge in [0, 0.05) is 30.7 Å². The number of aromatic nitrogens is 2. The minimum Gasteiger partial charge on any atom is -0.481 e. The SMILES string of the molecule is Cc1nnc(SC[C@H]2C[C@@H](c3ccc(CO)cc3)O[C@@H](c3ccc(-c4cccc(CNC(=O)CCC(=O)O)c4)cc3)O2)s1. The fraction of sp³-hybridized carbons (Fsp3) is 0.312. The van der Waals surface area contributed by atoms with Gasteiger partial charge in [0.2, 0.25) is 5.91 Å². The van der Waals surface area contributed by atoms with Crippen LogP contribution in [0.3, 0.4) is 0 Å². The number of aliphatic carboxylic acids is 1. The van der Waals surface area contributed by atoms with Crippen molar-refractivity contribution in [2.24, 2.45) is 0 Å². The summed E-state index contributed by atoms with van der Waals surface area (Å²) in [5.74, 6) is -0.561. The van der Waals surface area contributed by atoms with E-state index < -0.39 is 12.3 Å². The first-order valence-electron chi connectivity index (χ1n) is 14.0. The van der Waals surface area contributed by atoms with Crippen molar-refractivity contribution in [3.8, 4) is 11.1 Å². The summed E-state index contributed by atoms with van der Waals surface area (Å²) in [5, 5.41) is 30.3. The summed E-state index contributed by atoms with van der Waals surface area (Å²) in [7, 11) is 0. The third kappa shape index (κ3) is 8.71. The van der Waals surface area contributed by atoms with Crippen LogP contribution in [0.15, 0.2) is 77.1 Å². The van der Waals surface area contributed by atoms with E-state index in [1.54, 1.807) is 23.1 Å². The molecule has 2 heterocycles. The molecule has 3 N–H and O–H groups in total. The molecule has 11 heteroatoms. The van der Waals surface area contributed by atoms with Crippen molar-refractivity contribution in [3.63, 3.8) is 0 Å². The summed E-state index contributed by atoms with van der Waals surface area (Å²) >= 11 is 3.21. The van der Waals surface area contributed by atoms with E-state index in [1.807, 2.05) is 79.7 Å². The molecule has 1 aliphatic rings. The average molecular weight is 620 g/mol. The van der Waals surface area contributed by atoms with Crippen molar-refractivity contribution in [2.45, 2.75) is 62.2 Å². The lowest BCUT2D eigenvalue weighted by atomic mass is 9.99. The van der Waals surface area contributed by atoms with Crippen LogP contribution in [0.1, 0.15) is 58.9 Å². The summed E-state index contributed by atoms with van der Waals surface area (Å²) in [6.45, 7) is 2.26. The molecular weight excluding hydrogens is 587 g/mol. The van der Waals surface area contributed by atoms with Crippen LogP contribution in [0.4, 0.5) is 0 Å². The number of hydrogen-bond acceptors (Lipinski definition) is 9. The molecule has 0 saturated carbocycles. The Morgan fingerprint density at radius 2 is 1.72 bits per heavy atom. The van der Waals surface area contributed by atoms with E-state index in [-0.39, 0.29) is 37.6 Å². The van der Waals surface area contributed by atoms with Crippen LogP contribution in [-0.2, 0) is 32.2 Å². The molecule has 1 fully saturated rings. The predicted octanol–water partition coefficient (Wildman–Crippen LogP) is 5.82. The van der Waals surface area contributed by atoms with Gasteiger partial charge in [-0.1, -0.05) is 89.8 Å². The van der Waals surface area contributed by atoms with E-state index >= 15 is 0 Å². The number of aryl methyl sites for hydroxylation is 1. The Balaban J connectivity index is 1.28. The first kappa shape index (κ1) is 30.8. The lowest BCUT2D eigenvalue weighted by molar-refractivity contribution is -0.245. The van der Waals surface area contributed by atoms with Crippen LogP contribution in [0.2, 0.25) is 0 Å². The van der Waals surface area contributed by atoms with Crippen molar-refractivity contribution in [2.75, 3.05) is 5.75 Å². The average Bonchev–Trinajstić information content (AvgIpc) is 3.46. The fourth-order valence-corrected chi connectivity index (χ4v) is 6.59. The standard InChI is InChI=1S/C32H33N3O6S2/c1-20-34-35-32(43-20)42-19-27-16-28(24-7-5-21(18-36)6-8-24)41-31(40-27)25-11-9-23(10-12-25)26-4-2-3-22(15-26)17-33-29(37)13-14-30(38)39/h2-12,15,27-28,31,36H,13-14,16-19H2,1H3,(H,33,37)(H,38,39)/t27-,28+,31+/m1/s1. The minimum absolute atomic E-state index is 0.00520. The smallest absolute Gasteiger partial charge is 0.303 e. The number of benzene rings is 3. The number of amides is 1. The number of nitrogens with one attached hydrogen (secondary N) is 1. The molecule has 4 aromatic rings. The zero-order valence-corrected chi connectivity index (χ0v) is 25.3. The van der Waals surface area contributed by atoms with Gasteiger partial charge >= 0.3 is 5.97 Å². The number of carboxylic acid groups (broad SMARTS) is 1. The van der Waals surface area contributed by atoms with Crippen LogP contribution in [0, 0.1) is 6.92 Å². The first-order chi connectivity index (χ1) is 20.9. The van der Waals surface area contributed by atoms with Gasteiger partial charge in [-0.15, -0.1) is 10.2 Å². The van der Waals surface area contributed by atoms with Crippen LogP contribution in [0.5, 0.6) is 0 Å². The van der Waals surface area contributed by atoms with Crippen molar-refractivity contribution >= 4 is 35.0 Å². The number of carbonyl (C=O) groups is 2. The maximum absolute atomic E-state index is 11.9. The van der Waals surface area contributed by atoms with E-state index in [9.17, 15) is 14.7 Å². The highest BCUT2D eigenvalue weighted by Gasteiger charge is 2.32. The highest BCUT2D eigenvalue weighted by Crippen LogP contribution is 2.40. The number of thioether (sulfide) groups is 1. The maximum atomic E-state index is 11.9. The molecule has 1 aliphatic heterocycles. The van der Waals surface area contributed by atoms with Gasteiger partial charge in [-0.2, -0.15) is 0 Å². The van der Waals surface area contributed by atoms with Gasteiger partial charge in [0.25, 0.3) is 0 Å². The van der Waals surface area contributed by atoms with E-state index in [1.165, 1.54) is 0 Å². The van der Waals surface area contributed by atoms with Crippen LogP contribution in [-0.4, -0.2) is 44.1 Å². The number of nitrogens with zero attached hydrogens (tertiary/aromatic N) is 2. The summed E-state index contributed by atoms with van der Waals surface area (Å²) in [5.41, 5.74) is 5.72. The van der Waals surface area contributed by atoms with E-state index in [2.05, 4.69) is 15.5 Å². The number of hydrogen-bond donors (Lipinski definition) is 3. The van der Waals surface area contributed by atoms with E-state index in [0.29, 0.717) is 13.0 Å². The van der Waals surface area contributed by atoms with Crippen LogP contribution < -0.4 is 5.32 Å². The number of aliphatic hydroxyl groups excluding tert-OH is 1. The molecule has 43 heavy (non-hydrogen) atoms. The monoisotopic (exact) mass is 619 g/mol. The molecule has 3 aromatic carbocycles.